The molecule has 1 fully saturated rings. The Morgan fingerprint density at radius 3 is 2.76 bits per heavy atom. The Hall–Kier alpha value is -1.14. The first-order valence-electron chi connectivity index (χ1n) is 5.18. The number of nitrogens with zero attached hydrogens (tertiary/aromatic N) is 2. The van der Waals surface area contributed by atoms with Crippen LogP contribution in [-0.4, -0.2) is 39.6 Å². The van der Waals surface area contributed by atoms with Gasteiger partial charge in [-0.05, 0) is 6.07 Å². The molecule has 0 amide bonds. The summed E-state index contributed by atoms with van der Waals surface area (Å²) in [5.74, 6) is 1.81. The molecule has 0 aliphatic carbocycles. The molecule has 1 aromatic rings. The molecule has 1 saturated heterocycles. The third-order valence-electron chi connectivity index (χ3n) is 2.64. The number of pyridine rings is 1. The van der Waals surface area contributed by atoms with E-state index in [1.54, 1.807) is 12.3 Å². The van der Waals surface area contributed by atoms with Gasteiger partial charge in [-0.15, -0.1) is 0 Å². The lowest BCUT2D eigenvalue weighted by Crippen LogP contribution is -2.38. The summed E-state index contributed by atoms with van der Waals surface area (Å²) in [4.78, 5) is 6.20. The van der Waals surface area contributed by atoms with E-state index in [1.165, 1.54) is 0 Å². The van der Waals surface area contributed by atoms with E-state index in [1.807, 2.05) is 4.90 Å². The van der Waals surface area contributed by atoms with Crippen molar-refractivity contribution in [2.75, 3.05) is 29.5 Å². The number of hydrogen-bond acceptors (Lipinski definition) is 4. The summed E-state index contributed by atoms with van der Waals surface area (Å²) in [5, 5.41) is 7.81. The number of aromatic nitrogens is 1. The fourth-order valence-corrected chi connectivity index (χ4v) is 3.10. The van der Waals surface area contributed by atoms with Crippen LogP contribution in [0.3, 0.4) is 0 Å². The molecule has 0 atom stereocenters. The lowest BCUT2D eigenvalue weighted by molar-refractivity contribution is 0.672. The Kier molecular flexibility index (Phi) is 3.63. The Labute approximate surface area is 107 Å². The predicted molar refractivity (Wildman–Crippen MR) is 70.4 cm³/mol. The number of anilines is 1. The average molecular weight is 273 g/mol. The van der Waals surface area contributed by atoms with Gasteiger partial charge in [0.05, 0.1) is 5.02 Å². The van der Waals surface area contributed by atoms with Gasteiger partial charge in [0.1, 0.15) is 11.7 Å². The molecule has 1 aliphatic heterocycles. The molecule has 3 N–H and O–H groups in total. The van der Waals surface area contributed by atoms with Crippen molar-refractivity contribution >= 4 is 34.1 Å². The lowest BCUT2D eigenvalue weighted by Gasteiger charge is -2.28. The molecular weight excluding hydrogens is 260 g/mol. The van der Waals surface area contributed by atoms with Crippen molar-refractivity contribution in [3.05, 3.63) is 22.8 Å². The van der Waals surface area contributed by atoms with Gasteiger partial charge < -0.3 is 10.6 Å². The van der Waals surface area contributed by atoms with Crippen molar-refractivity contribution in [2.45, 2.75) is 0 Å². The zero-order chi connectivity index (χ0) is 12.4. The van der Waals surface area contributed by atoms with Gasteiger partial charge in [0.15, 0.2) is 0 Å². The van der Waals surface area contributed by atoms with Gasteiger partial charge in [0.25, 0.3) is 0 Å². The van der Waals surface area contributed by atoms with Crippen molar-refractivity contribution in [3.8, 4) is 0 Å². The smallest absolute Gasteiger partial charge is 0.148 e. The van der Waals surface area contributed by atoms with Gasteiger partial charge in [-0.1, -0.05) is 11.6 Å². The molecule has 0 bridgehead atoms. The maximum atomic E-state index is 11.3. The van der Waals surface area contributed by atoms with Gasteiger partial charge in [-0.25, -0.2) is 4.98 Å². The Morgan fingerprint density at radius 2 is 2.18 bits per heavy atom. The highest BCUT2D eigenvalue weighted by Crippen LogP contribution is 2.27. The van der Waals surface area contributed by atoms with Crippen molar-refractivity contribution in [3.63, 3.8) is 0 Å². The second kappa shape index (κ2) is 5.01. The highest BCUT2D eigenvalue weighted by Gasteiger charge is 2.20. The molecular formula is C10H13ClN4OS. The highest BCUT2D eigenvalue weighted by molar-refractivity contribution is 7.85. The molecule has 17 heavy (non-hydrogen) atoms. The third-order valence-corrected chi connectivity index (χ3v) is 4.29. The van der Waals surface area contributed by atoms with Gasteiger partial charge in [-0.3, -0.25) is 9.62 Å². The zero-order valence-electron chi connectivity index (χ0n) is 9.15. The van der Waals surface area contributed by atoms with Crippen LogP contribution in [-0.2, 0) is 10.8 Å². The molecule has 2 heterocycles. The van der Waals surface area contributed by atoms with E-state index in [0.29, 0.717) is 41.0 Å². The third kappa shape index (κ3) is 2.58. The van der Waals surface area contributed by atoms with E-state index in [4.69, 9.17) is 22.7 Å². The number of nitrogens with one attached hydrogen (secondary N) is 1. The fraction of sp³-hybridized carbons (Fsp3) is 0.400. The van der Waals surface area contributed by atoms with Crippen LogP contribution in [0.2, 0.25) is 5.02 Å². The van der Waals surface area contributed by atoms with Crippen LogP contribution in [0.5, 0.6) is 0 Å². The molecule has 0 unspecified atom stereocenters. The topological polar surface area (TPSA) is 83.1 Å². The molecule has 0 aromatic carbocycles. The van der Waals surface area contributed by atoms with Gasteiger partial charge in [-0.2, -0.15) is 0 Å². The maximum Gasteiger partial charge on any atom is 0.148 e. The molecule has 92 valence electrons. The zero-order valence-corrected chi connectivity index (χ0v) is 10.7. The number of nitrogens with two attached hydrogens (primary N) is 1. The van der Waals surface area contributed by atoms with Crippen LogP contribution < -0.4 is 10.6 Å². The molecule has 2 rings (SSSR count). The van der Waals surface area contributed by atoms with Crippen LogP contribution in [0.4, 0.5) is 5.82 Å². The van der Waals surface area contributed by atoms with E-state index < -0.39 is 10.8 Å². The first kappa shape index (κ1) is 12.3. The van der Waals surface area contributed by atoms with E-state index in [0.717, 1.165) is 0 Å². The molecule has 1 aromatic heterocycles. The van der Waals surface area contributed by atoms with E-state index in [2.05, 4.69) is 4.98 Å². The highest BCUT2D eigenvalue weighted by atomic mass is 35.5. The summed E-state index contributed by atoms with van der Waals surface area (Å²) in [6.07, 6.45) is 1.59. The van der Waals surface area contributed by atoms with Crippen LogP contribution >= 0.6 is 11.6 Å². The SMILES string of the molecule is N=C(N)c1ccnc(N2CCS(=O)CC2)c1Cl. The number of amidine groups is 1. The summed E-state index contributed by atoms with van der Waals surface area (Å²) in [5.41, 5.74) is 5.93. The standard InChI is InChI=1S/C10H13ClN4OS/c11-8-7(9(12)13)1-2-14-10(8)15-3-5-17(16)6-4-15/h1-2H,3-6H2,(H3,12,13). The molecule has 0 spiro atoms. The average Bonchev–Trinajstić information content (AvgIpc) is 2.30. The first-order chi connectivity index (χ1) is 8.09. The van der Waals surface area contributed by atoms with E-state index in [9.17, 15) is 4.21 Å². The first-order valence-corrected chi connectivity index (χ1v) is 7.05. The Balaban J connectivity index is 2.30. The predicted octanol–water partition coefficient (Wildman–Crippen LogP) is 0.588. The van der Waals surface area contributed by atoms with Crippen LogP contribution in [0.1, 0.15) is 5.56 Å². The Bertz CT molecular complexity index is 469. The molecule has 7 heteroatoms. The lowest BCUT2D eigenvalue weighted by atomic mass is 10.2. The summed E-state index contributed by atoms with van der Waals surface area (Å²) in [7, 11) is -0.735. The van der Waals surface area contributed by atoms with Crippen molar-refractivity contribution in [1.82, 2.24) is 4.98 Å². The minimum absolute atomic E-state index is 0.0702. The molecule has 0 saturated carbocycles. The monoisotopic (exact) mass is 272 g/mol. The van der Waals surface area contributed by atoms with Gasteiger partial charge in [0, 0.05) is 47.2 Å². The summed E-state index contributed by atoms with van der Waals surface area (Å²) in [6.45, 7) is 1.33. The molecule has 0 radical (unpaired) electrons. The number of nitrogen functional groups attached to an aromatic ring is 1. The second-order valence-corrected chi connectivity index (χ2v) is 5.82. The number of halogens is 1. The number of hydrogen-bond donors (Lipinski definition) is 2. The Morgan fingerprint density at radius 1 is 1.53 bits per heavy atom. The van der Waals surface area contributed by atoms with E-state index >= 15 is 0 Å². The number of rotatable bonds is 2. The maximum absolute atomic E-state index is 11.3. The van der Waals surface area contributed by atoms with Gasteiger partial charge in [0.2, 0.25) is 0 Å². The van der Waals surface area contributed by atoms with Crippen LogP contribution in [0.25, 0.3) is 0 Å². The van der Waals surface area contributed by atoms with Crippen LogP contribution in [0, 0.1) is 5.41 Å². The molecule has 5 nitrogen and oxygen atoms in total. The van der Waals surface area contributed by atoms with E-state index in [-0.39, 0.29) is 5.84 Å². The minimum Gasteiger partial charge on any atom is -0.384 e. The molecule has 1 aliphatic rings. The summed E-state index contributed by atoms with van der Waals surface area (Å²) < 4.78 is 11.3. The quantitative estimate of drug-likeness (QED) is 0.610. The van der Waals surface area contributed by atoms with Crippen molar-refractivity contribution < 1.29 is 4.21 Å². The minimum atomic E-state index is -0.735. The van der Waals surface area contributed by atoms with Gasteiger partial charge >= 0.3 is 0 Å². The van der Waals surface area contributed by atoms with Crippen LogP contribution in [0.15, 0.2) is 12.3 Å². The summed E-state index contributed by atoms with van der Waals surface area (Å²) in [6, 6.07) is 1.62. The second-order valence-electron chi connectivity index (χ2n) is 3.74. The largest absolute Gasteiger partial charge is 0.384 e. The van der Waals surface area contributed by atoms with Crippen molar-refractivity contribution in [2.24, 2.45) is 5.73 Å². The summed E-state index contributed by atoms with van der Waals surface area (Å²) >= 11 is 6.17. The van der Waals surface area contributed by atoms with Crippen molar-refractivity contribution in [1.29, 1.82) is 5.41 Å². The fourth-order valence-electron chi connectivity index (χ4n) is 1.71. The normalized spacial score (nSPS) is 17.1.